The molecule has 0 saturated carbocycles. The van der Waals surface area contributed by atoms with E-state index in [0.717, 1.165) is 17.0 Å². The van der Waals surface area contributed by atoms with E-state index >= 15 is 0 Å². The van der Waals surface area contributed by atoms with Crippen molar-refractivity contribution in [3.8, 4) is 0 Å². The van der Waals surface area contributed by atoms with E-state index in [-0.39, 0.29) is 29.4 Å². The number of hydrogen-bond donors (Lipinski definition) is 2. The SMILES string of the molecule is CCN1C(=O)C(Nc2cccc(C(F)(F)F)c2)=C(c2ccc(NC(C)=O)cc2)C1=O. The summed E-state index contributed by atoms with van der Waals surface area (Å²) in [5.41, 5.74) is 0.00282. The third-order valence-electron chi connectivity index (χ3n) is 4.44. The molecule has 0 radical (unpaired) electrons. The third kappa shape index (κ3) is 4.19. The summed E-state index contributed by atoms with van der Waals surface area (Å²) in [6, 6.07) is 10.6. The van der Waals surface area contributed by atoms with E-state index in [1.165, 1.54) is 19.1 Å². The highest BCUT2D eigenvalue weighted by atomic mass is 19.4. The second kappa shape index (κ2) is 8.02. The van der Waals surface area contributed by atoms with Crippen molar-refractivity contribution in [1.82, 2.24) is 4.90 Å². The van der Waals surface area contributed by atoms with Gasteiger partial charge in [0.2, 0.25) is 5.91 Å². The number of nitrogens with one attached hydrogen (secondary N) is 2. The molecule has 0 fully saturated rings. The van der Waals surface area contributed by atoms with E-state index in [9.17, 15) is 27.6 Å². The minimum Gasteiger partial charge on any atom is -0.350 e. The monoisotopic (exact) mass is 417 g/mol. The molecule has 6 nitrogen and oxygen atoms in total. The van der Waals surface area contributed by atoms with Crippen LogP contribution in [0.4, 0.5) is 24.5 Å². The number of rotatable bonds is 5. The molecule has 2 N–H and O–H groups in total. The van der Waals surface area contributed by atoms with Crippen LogP contribution < -0.4 is 10.6 Å². The van der Waals surface area contributed by atoms with Gasteiger partial charge in [-0.25, -0.2) is 0 Å². The number of amides is 3. The van der Waals surface area contributed by atoms with Gasteiger partial charge in [0.15, 0.2) is 0 Å². The van der Waals surface area contributed by atoms with Gasteiger partial charge in [-0.3, -0.25) is 19.3 Å². The van der Waals surface area contributed by atoms with Crippen LogP contribution in [0.3, 0.4) is 0 Å². The lowest BCUT2D eigenvalue weighted by Gasteiger charge is -2.13. The number of halogens is 3. The number of nitrogens with zero attached hydrogens (tertiary/aromatic N) is 1. The van der Waals surface area contributed by atoms with Crippen LogP contribution in [0, 0.1) is 0 Å². The standard InChI is InChI=1S/C21H18F3N3O3/c1-3-27-19(29)17(13-7-9-15(10-8-13)25-12(2)28)18(20(27)30)26-16-6-4-5-14(11-16)21(22,23)24/h4-11,26H,3H2,1-2H3,(H,25,28). The van der Waals surface area contributed by atoms with Gasteiger partial charge < -0.3 is 10.6 Å². The average molecular weight is 417 g/mol. The van der Waals surface area contributed by atoms with Crippen LogP contribution in [0.1, 0.15) is 25.0 Å². The van der Waals surface area contributed by atoms with E-state index in [4.69, 9.17) is 0 Å². The van der Waals surface area contributed by atoms with E-state index in [1.54, 1.807) is 31.2 Å². The lowest BCUT2D eigenvalue weighted by Crippen LogP contribution is -2.32. The molecule has 30 heavy (non-hydrogen) atoms. The van der Waals surface area contributed by atoms with Gasteiger partial charge >= 0.3 is 6.18 Å². The van der Waals surface area contributed by atoms with Crippen LogP contribution >= 0.6 is 0 Å². The first-order valence-electron chi connectivity index (χ1n) is 9.04. The lowest BCUT2D eigenvalue weighted by atomic mass is 10.0. The highest BCUT2D eigenvalue weighted by Crippen LogP contribution is 2.34. The zero-order chi connectivity index (χ0) is 22.1. The number of likely N-dealkylation sites (N-methyl/N-ethyl adjacent to an activating group) is 1. The number of imide groups is 1. The number of carbonyl (C=O) groups is 3. The van der Waals surface area contributed by atoms with Crippen molar-refractivity contribution >= 4 is 34.7 Å². The van der Waals surface area contributed by atoms with Crippen molar-refractivity contribution in [3.05, 3.63) is 65.4 Å². The molecular weight excluding hydrogens is 399 g/mol. The van der Waals surface area contributed by atoms with Crippen molar-refractivity contribution in [2.75, 3.05) is 17.2 Å². The van der Waals surface area contributed by atoms with Gasteiger partial charge in [-0.2, -0.15) is 13.2 Å². The van der Waals surface area contributed by atoms with E-state index in [0.29, 0.717) is 11.3 Å². The number of hydrogen-bond acceptors (Lipinski definition) is 4. The van der Waals surface area contributed by atoms with E-state index < -0.39 is 23.6 Å². The highest BCUT2D eigenvalue weighted by molar-refractivity contribution is 6.36. The minimum absolute atomic E-state index is 0.0336. The highest BCUT2D eigenvalue weighted by Gasteiger charge is 2.38. The second-order valence-electron chi connectivity index (χ2n) is 6.57. The maximum absolute atomic E-state index is 13.0. The molecule has 0 bridgehead atoms. The predicted octanol–water partition coefficient (Wildman–Crippen LogP) is 3.88. The summed E-state index contributed by atoms with van der Waals surface area (Å²) in [6.07, 6.45) is -4.54. The molecule has 3 amide bonds. The second-order valence-corrected chi connectivity index (χ2v) is 6.57. The molecule has 156 valence electrons. The smallest absolute Gasteiger partial charge is 0.350 e. The zero-order valence-electron chi connectivity index (χ0n) is 16.1. The molecule has 0 aliphatic carbocycles. The Labute approximate surface area is 170 Å². The summed E-state index contributed by atoms with van der Waals surface area (Å²) < 4.78 is 39.0. The van der Waals surface area contributed by atoms with E-state index in [1.807, 2.05) is 0 Å². The summed E-state index contributed by atoms with van der Waals surface area (Å²) >= 11 is 0. The molecule has 0 saturated heterocycles. The largest absolute Gasteiger partial charge is 0.416 e. The number of alkyl halides is 3. The molecule has 9 heteroatoms. The number of anilines is 2. The topological polar surface area (TPSA) is 78.5 Å². The summed E-state index contributed by atoms with van der Waals surface area (Å²) in [5, 5.41) is 5.29. The lowest BCUT2D eigenvalue weighted by molar-refractivity contribution is -0.138. The first-order valence-corrected chi connectivity index (χ1v) is 9.04. The third-order valence-corrected chi connectivity index (χ3v) is 4.44. The fourth-order valence-electron chi connectivity index (χ4n) is 3.09. The molecular formula is C21H18F3N3O3. The Morgan fingerprint density at radius 3 is 2.23 bits per heavy atom. The normalized spacial score (nSPS) is 14.4. The molecule has 0 aromatic heterocycles. The Bertz CT molecular complexity index is 1040. The van der Waals surface area contributed by atoms with Crippen molar-refractivity contribution in [1.29, 1.82) is 0 Å². The molecule has 1 aliphatic heterocycles. The van der Waals surface area contributed by atoms with Crippen LogP contribution in [-0.2, 0) is 20.6 Å². The Hall–Kier alpha value is -3.62. The molecule has 2 aromatic carbocycles. The maximum atomic E-state index is 13.0. The maximum Gasteiger partial charge on any atom is 0.416 e. The first-order chi connectivity index (χ1) is 14.1. The van der Waals surface area contributed by atoms with Gasteiger partial charge in [-0.05, 0) is 42.8 Å². The fraction of sp³-hybridized carbons (Fsp3) is 0.190. The average Bonchev–Trinajstić information content (AvgIpc) is 2.91. The summed E-state index contributed by atoms with van der Waals surface area (Å²) in [5.74, 6) is -1.44. The number of carbonyl (C=O) groups excluding carboxylic acids is 3. The Morgan fingerprint density at radius 1 is 1.00 bits per heavy atom. The Balaban J connectivity index is 2.03. The Morgan fingerprint density at radius 2 is 1.67 bits per heavy atom. The van der Waals surface area contributed by atoms with Crippen molar-refractivity contribution in [3.63, 3.8) is 0 Å². The fourth-order valence-corrected chi connectivity index (χ4v) is 3.09. The van der Waals surface area contributed by atoms with Gasteiger partial charge in [-0.1, -0.05) is 18.2 Å². The van der Waals surface area contributed by atoms with Gasteiger partial charge in [0.25, 0.3) is 11.8 Å². The van der Waals surface area contributed by atoms with Gasteiger partial charge in [-0.15, -0.1) is 0 Å². The molecule has 1 heterocycles. The number of benzene rings is 2. The van der Waals surface area contributed by atoms with Crippen LogP contribution in [0.5, 0.6) is 0 Å². The zero-order valence-corrected chi connectivity index (χ0v) is 16.1. The molecule has 2 aromatic rings. The van der Waals surface area contributed by atoms with Crippen LogP contribution in [0.2, 0.25) is 0 Å². The van der Waals surface area contributed by atoms with Crippen LogP contribution in [0.25, 0.3) is 5.57 Å². The summed E-state index contributed by atoms with van der Waals surface area (Å²) in [6.45, 7) is 3.09. The first kappa shape index (κ1) is 21.1. The molecule has 0 spiro atoms. The Kier molecular flexibility index (Phi) is 5.64. The van der Waals surface area contributed by atoms with Crippen LogP contribution in [0.15, 0.2) is 54.2 Å². The van der Waals surface area contributed by atoms with Gasteiger partial charge in [0, 0.05) is 24.8 Å². The van der Waals surface area contributed by atoms with Gasteiger partial charge in [0.05, 0.1) is 11.1 Å². The van der Waals surface area contributed by atoms with E-state index in [2.05, 4.69) is 10.6 Å². The van der Waals surface area contributed by atoms with Gasteiger partial charge in [0.1, 0.15) is 5.70 Å². The van der Waals surface area contributed by atoms with Crippen molar-refractivity contribution in [2.24, 2.45) is 0 Å². The quantitative estimate of drug-likeness (QED) is 0.724. The predicted molar refractivity (Wildman–Crippen MR) is 105 cm³/mol. The summed E-state index contributed by atoms with van der Waals surface area (Å²) in [7, 11) is 0. The van der Waals surface area contributed by atoms with Crippen LogP contribution in [-0.4, -0.2) is 29.2 Å². The molecule has 3 rings (SSSR count). The minimum atomic E-state index is -4.54. The van der Waals surface area contributed by atoms with Crippen molar-refractivity contribution < 1.29 is 27.6 Å². The molecule has 0 atom stereocenters. The summed E-state index contributed by atoms with van der Waals surface area (Å²) in [4.78, 5) is 37.7. The van der Waals surface area contributed by atoms with Crippen molar-refractivity contribution in [2.45, 2.75) is 20.0 Å². The molecule has 1 aliphatic rings. The molecule has 0 unspecified atom stereocenters.